The molecule has 0 fully saturated rings. The molecule has 0 radical (unpaired) electrons. The van der Waals surface area contributed by atoms with Crippen LogP contribution in [0.3, 0.4) is 0 Å². The number of benzene rings is 2. The van der Waals surface area contributed by atoms with Crippen LogP contribution in [0.4, 0.5) is 0 Å². The summed E-state index contributed by atoms with van der Waals surface area (Å²) in [6.07, 6.45) is 12.1. The molecule has 148 valence electrons. The van der Waals surface area contributed by atoms with E-state index in [1.165, 1.54) is 50.5 Å². The molecule has 2 aromatic carbocycles. The van der Waals surface area contributed by atoms with Crippen molar-refractivity contribution in [3.63, 3.8) is 0 Å². The zero-order chi connectivity index (χ0) is 19.6. The van der Waals surface area contributed by atoms with Gasteiger partial charge in [-0.3, -0.25) is 0 Å². The quantitative estimate of drug-likeness (QED) is 0.288. The molecule has 4 heteroatoms. The van der Waals surface area contributed by atoms with Gasteiger partial charge in [0, 0.05) is 4.47 Å². The summed E-state index contributed by atoms with van der Waals surface area (Å²) in [7, 11) is 0. The van der Waals surface area contributed by atoms with Crippen LogP contribution >= 0.6 is 15.9 Å². The standard InChI is InChI=1S/C24H29BrN2O/c1-2-3-4-5-6-7-8-9-16-28-24-18-26-23-17-20(12-15-22(23)27-24)19-10-13-21(25)14-11-19/h10-15,17-18H,2-9,16H2,1H3. The Hall–Kier alpha value is -1.94. The molecular formula is C24H29BrN2O. The number of hydrogen-bond donors (Lipinski definition) is 0. The maximum Gasteiger partial charge on any atom is 0.232 e. The van der Waals surface area contributed by atoms with E-state index in [0.29, 0.717) is 12.5 Å². The molecule has 0 unspecified atom stereocenters. The number of fused-ring (bicyclic) bond motifs is 1. The summed E-state index contributed by atoms with van der Waals surface area (Å²) in [4.78, 5) is 9.14. The molecule has 28 heavy (non-hydrogen) atoms. The third kappa shape index (κ3) is 6.30. The molecule has 0 N–H and O–H groups in total. The minimum Gasteiger partial charge on any atom is -0.477 e. The van der Waals surface area contributed by atoms with Crippen LogP contribution in [0.5, 0.6) is 5.88 Å². The van der Waals surface area contributed by atoms with E-state index in [9.17, 15) is 0 Å². The van der Waals surface area contributed by atoms with Gasteiger partial charge in [0.15, 0.2) is 0 Å². The zero-order valence-electron chi connectivity index (χ0n) is 16.7. The number of ether oxygens (including phenoxy) is 1. The third-order valence-corrected chi connectivity index (χ3v) is 5.47. The molecule has 0 saturated carbocycles. The number of halogens is 1. The predicted molar refractivity (Wildman–Crippen MR) is 121 cm³/mol. The molecule has 0 atom stereocenters. The van der Waals surface area contributed by atoms with Crippen LogP contribution < -0.4 is 4.74 Å². The van der Waals surface area contributed by atoms with Crippen molar-refractivity contribution in [2.75, 3.05) is 6.61 Å². The molecule has 3 nitrogen and oxygen atoms in total. The van der Waals surface area contributed by atoms with Crippen LogP contribution in [0.2, 0.25) is 0 Å². The van der Waals surface area contributed by atoms with E-state index < -0.39 is 0 Å². The van der Waals surface area contributed by atoms with Crippen LogP contribution in [0.25, 0.3) is 22.2 Å². The lowest BCUT2D eigenvalue weighted by Gasteiger charge is -2.07. The van der Waals surface area contributed by atoms with Gasteiger partial charge in [-0.15, -0.1) is 0 Å². The smallest absolute Gasteiger partial charge is 0.232 e. The summed E-state index contributed by atoms with van der Waals surface area (Å²) >= 11 is 3.48. The van der Waals surface area contributed by atoms with E-state index in [1.54, 1.807) is 6.20 Å². The van der Waals surface area contributed by atoms with Gasteiger partial charge in [0.2, 0.25) is 5.88 Å². The molecule has 3 rings (SSSR count). The minimum atomic E-state index is 0.617. The number of rotatable bonds is 11. The second kappa shape index (κ2) is 11.2. The summed E-state index contributed by atoms with van der Waals surface area (Å²) in [5.41, 5.74) is 4.07. The molecule has 0 aliphatic rings. The van der Waals surface area contributed by atoms with Crippen LogP contribution in [0, 0.1) is 0 Å². The average Bonchev–Trinajstić information content (AvgIpc) is 2.72. The van der Waals surface area contributed by atoms with E-state index in [0.717, 1.165) is 27.5 Å². The van der Waals surface area contributed by atoms with Crippen molar-refractivity contribution >= 4 is 27.0 Å². The molecule has 0 aliphatic heterocycles. The summed E-state index contributed by atoms with van der Waals surface area (Å²) < 4.78 is 6.89. The molecule has 0 spiro atoms. The lowest BCUT2D eigenvalue weighted by atomic mass is 10.1. The molecule has 1 aromatic heterocycles. The van der Waals surface area contributed by atoms with E-state index in [1.807, 2.05) is 18.2 Å². The molecule has 0 aliphatic carbocycles. The van der Waals surface area contributed by atoms with Crippen LogP contribution in [0.1, 0.15) is 58.3 Å². The first-order chi connectivity index (χ1) is 13.8. The normalized spacial score (nSPS) is 11.1. The van der Waals surface area contributed by atoms with E-state index in [2.05, 4.69) is 57.1 Å². The van der Waals surface area contributed by atoms with Gasteiger partial charge in [-0.25, -0.2) is 9.97 Å². The van der Waals surface area contributed by atoms with Gasteiger partial charge in [-0.2, -0.15) is 0 Å². The first-order valence-electron chi connectivity index (χ1n) is 10.4. The van der Waals surface area contributed by atoms with Gasteiger partial charge >= 0.3 is 0 Å². The Kier molecular flexibility index (Phi) is 8.28. The van der Waals surface area contributed by atoms with Gasteiger partial charge in [-0.05, 0) is 41.8 Å². The number of unbranched alkanes of at least 4 members (excludes halogenated alkanes) is 7. The van der Waals surface area contributed by atoms with Crippen molar-refractivity contribution in [1.29, 1.82) is 0 Å². The number of hydrogen-bond acceptors (Lipinski definition) is 3. The summed E-state index contributed by atoms with van der Waals surface area (Å²) in [5, 5.41) is 0. The minimum absolute atomic E-state index is 0.617. The Morgan fingerprint density at radius 3 is 2.21 bits per heavy atom. The Morgan fingerprint density at radius 2 is 1.46 bits per heavy atom. The van der Waals surface area contributed by atoms with Crippen molar-refractivity contribution in [2.24, 2.45) is 0 Å². The maximum atomic E-state index is 5.81. The molecule has 0 saturated heterocycles. The SMILES string of the molecule is CCCCCCCCCCOc1cnc2cc(-c3ccc(Br)cc3)ccc2n1. The van der Waals surface area contributed by atoms with Gasteiger partial charge < -0.3 is 4.74 Å². The highest BCUT2D eigenvalue weighted by Crippen LogP contribution is 2.25. The second-order valence-corrected chi connectivity index (χ2v) is 8.16. The summed E-state index contributed by atoms with van der Waals surface area (Å²) in [5.74, 6) is 0.617. The molecule has 3 aromatic rings. The van der Waals surface area contributed by atoms with Crippen LogP contribution in [-0.4, -0.2) is 16.6 Å². The maximum absolute atomic E-state index is 5.81. The highest BCUT2D eigenvalue weighted by molar-refractivity contribution is 9.10. The van der Waals surface area contributed by atoms with Gasteiger partial charge in [-0.1, -0.05) is 86.0 Å². The lowest BCUT2D eigenvalue weighted by Crippen LogP contribution is -2.00. The van der Waals surface area contributed by atoms with Crippen LogP contribution in [0.15, 0.2) is 53.1 Å². The van der Waals surface area contributed by atoms with Crippen molar-refractivity contribution in [3.8, 4) is 17.0 Å². The van der Waals surface area contributed by atoms with Gasteiger partial charge in [0.25, 0.3) is 0 Å². The predicted octanol–water partition coefficient (Wildman–Crippen LogP) is 7.58. The van der Waals surface area contributed by atoms with Crippen molar-refractivity contribution in [2.45, 2.75) is 58.3 Å². The van der Waals surface area contributed by atoms with Gasteiger partial charge in [0.1, 0.15) is 0 Å². The fraction of sp³-hybridized carbons (Fsp3) is 0.417. The van der Waals surface area contributed by atoms with Gasteiger partial charge in [0.05, 0.1) is 23.8 Å². The Bertz CT molecular complexity index is 864. The average molecular weight is 441 g/mol. The highest BCUT2D eigenvalue weighted by Gasteiger charge is 2.04. The first kappa shape index (κ1) is 20.8. The number of aromatic nitrogens is 2. The topological polar surface area (TPSA) is 35.0 Å². The van der Waals surface area contributed by atoms with Crippen LogP contribution in [-0.2, 0) is 0 Å². The summed E-state index contributed by atoms with van der Waals surface area (Å²) in [6, 6.07) is 14.5. The molecule has 0 bridgehead atoms. The fourth-order valence-corrected chi connectivity index (χ4v) is 3.56. The van der Waals surface area contributed by atoms with Crippen molar-refractivity contribution in [3.05, 3.63) is 53.1 Å². The Balaban J connectivity index is 1.48. The molecule has 0 amide bonds. The van der Waals surface area contributed by atoms with E-state index in [-0.39, 0.29) is 0 Å². The molecular weight excluding hydrogens is 412 g/mol. The number of nitrogens with zero attached hydrogens (tertiary/aromatic N) is 2. The largest absolute Gasteiger partial charge is 0.477 e. The highest BCUT2D eigenvalue weighted by atomic mass is 79.9. The van der Waals surface area contributed by atoms with E-state index in [4.69, 9.17) is 4.74 Å². The Labute approximate surface area is 176 Å². The second-order valence-electron chi connectivity index (χ2n) is 7.24. The van der Waals surface area contributed by atoms with Crippen molar-refractivity contribution < 1.29 is 4.74 Å². The van der Waals surface area contributed by atoms with Crippen molar-refractivity contribution in [1.82, 2.24) is 9.97 Å². The first-order valence-corrected chi connectivity index (χ1v) is 11.2. The fourth-order valence-electron chi connectivity index (χ4n) is 3.30. The molecule has 1 heterocycles. The third-order valence-electron chi connectivity index (χ3n) is 4.95. The summed E-state index contributed by atoms with van der Waals surface area (Å²) in [6.45, 7) is 2.97. The van der Waals surface area contributed by atoms with E-state index >= 15 is 0 Å². The monoisotopic (exact) mass is 440 g/mol. The zero-order valence-corrected chi connectivity index (χ0v) is 18.2. The lowest BCUT2D eigenvalue weighted by molar-refractivity contribution is 0.293. The Morgan fingerprint density at radius 1 is 0.786 bits per heavy atom.